The zero-order valence-corrected chi connectivity index (χ0v) is 16.0. The minimum atomic E-state index is -0.556. The third-order valence-corrected chi connectivity index (χ3v) is 5.01. The van der Waals surface area contributed by atoms with E-state index in [2.05, 4.69) is 5.32 Å². The lowest BCUT2D eigenvalue weighted by Crippen LogP contribution is -2.25. The van der Waals surface area contributed by atoms with Crippen molar-refractivity contribution in [3.8, 4) is 0 Å². The average molecular weight is 388 g/mol. The van der Waals surface area contributed by atoms with Crippen molar-refractivity contribution in [3.05, 3.63) is 63.7 Å². The maximum atomic E-state index is 12.1. The van der Waals surface area contributed by atoms with Crippen LogP contribution >= 0.6 is 11.8 Å². The van der Waals surface area contributed by atoms with Crippen LogP contribution in [0.4, 0.5) is 11.4 Å². The van der Waals surface area contributed by atoms with Gasteiger partial charge in [0.05, 0.1) is 4.92 Å². The Hall–Kier alpha value is -2.87. The summed E-state index contributed by atoms with van der Waals surface area (Å²) in [5.74, 6) is -0.945. The number of carbonyl (C=O) groups is 2. The third-order valence-electron chi connectivity index (χ3n) is 3.92. The zero-order valence-electron chi connectivity index (χ0n) is 15.2. The van der Waals surface area contributed by atoms with Crippen molar-refractivity contribution < 1.29 is 19.2 Å². The number of rotatable bonds is 7. The van der Waals surface area contributed by atoms with E-state index in [0.717, 1.165) is 11.1 Å². The van der Waals surface area contributed by atoms with E-state index in [4.69, 9.17) is 4.74 Å². The molecule has 0 aliphatic heterocycles. The molecule has 0 aromatic heterocycles. The Morgan fingerprint density at radius 3 is 2.48 bits per heavy atom. The highest BCUT2D eigenvalue weighted by atomic mass is 32.2. The van der Waals surface area contributed by atoms with Gasteiger partial charge in [0.25, 0.3) is 11.6 Å². The molecular weight excluding hydrogens is 368 g/mol. The molecule has 1 amide bonds. The van der Waals surface area contributed by atoms with E-state index in [0.29, 0.717) is 10.6 Å². The first-order chi connectivity index (χ1) is 12.8. The van der Waals surface area contributed by atoms with Crippen LogP contribution in [0.25, 0.3) is 0 Å². The van der Waals surface area contributed by atoms with Gasteiger partial charge in [-0.15, -0.1) is 11.8 Å². The Morgan fingerprint density at radius 2 is 1.85 bits per heavy atom. The summed E-state index contributed by atoms with van der Waals surface area (Å²) in [6.45, 7) is 5.12. The molecule has 0 aliphatic rings. The minimum absolute atomic E-state index is 0.0160. The van der Waals surface area contributed by atoms with Crippen LogP contribution in [0.5, 0.6) is 0 Å². The van der Waals surface area contributed by atoms with E-state index in [1.54, 1.807) is 25.1 Å². The number of nitrogens with zero attached hydrogens (tertiary/aromatic N) is 1. The van der Waals surface area contributed by atoms with E-state index < -0.39 is 22.0 Å². The number of hydrogen-bond acceptors (Lipinski definition) is 6. The number of esters is 1. The van der Waals surface area contributed by atoms with Crippen molar-refractivity contribution in [1.29, 1.82) is 0 Å². The van der Waals surface area contributed by atoms with Crippen molar-refractivity contribution in [2.24, 2.45) is 0 Å². The van der Waals surface area contributed by atoms with Gasteiger partial charge in [0.1, 0.15) is 5.25 Å². The summed E-state index contributed by atoms with van der Waals surface area (Å²) < 4.78 is 5.06. The first-order valence-corrected chi connectivity index (χ1v) is 9.09. The number of ether oxygens (including phenoxy) is 1. The van der Waals surface area contributed by atoms with Gasteiger partial charge in [0, 0.05) is 22.7 Å². The predicted molar refractivity (Wildman–Crippen MR) is 104 cm³/mol. The molecule has 7 nitrogen and oxygen atoms in total. The van der Waals surface area contributed by atoms with Crippen molar-refractivity contribution >= 4 is 35.0 Å². The number of nitro groups is 1. The van der Waals surface area contributed by atoms with Gasteiger partial charge < -0.3 is 10.1 Å². The second kappa shape index (κ2) is 9.18. The van der Waals surface area contributed by atoms with Crippen LogP contribution in [-0.4, -0.2) is 28.7 Å². The zero-order chi connectivity index (χ0) is 20.0. The number of non-ortho nitro benzene ring substituents is 1. The summed E-state index contributed by atoms with van der Waals surface area (Å²) >= 11 is 1.20. The number of aryl methyl sites for hydroxylation is 1. The molecular formula is C19H20N2O5S. The fraction of sp³-hybridized carbons (Fsp3) is 0.263. The van der Waals surface area contributed by atoms with E-state index in [9.17, 15) is 19.7 Å². The van der Waals surface area contributed by atoms with Gasteiger partial charge in [0.15, 0.2) is 6.61 Å². The smallest absolute Gasteiger partial charge is 0.319 e. The highest BCUT2D eigenvalue weighted by Gasteiger charge is 2.18. The van der Waals surface area contributed by atoms with Crippen LogP contribution in [0.2, 0.25) is 0 Å². The van der Waals surface area contributed by atoms with Crippen LogP contribution in [-0.2, 0) is 14.3 Å². The number of nitrogens with one attached hydrogen (secondary N) is 1. The maximum Gasteiger partial charge on any atom is 0.319 e. The molecule has 0 aliphatic carbocycles. The molecule has 0 heterocycles. The van der Waals surface area contributed by atoms with E-state index in [1.165, 1.54) is 23.9 Å². The number of amides is 1. The number of nitro benzene ring substituents is 1. The molecule has 0 saturated carbocycles. The second-order valence-corrected chi connectivity index (χ2v) is 7.33. The van der Waals surface area contributed by atoms with E-state index >= 15 is 0 Å². The fourth-order valence-electron chi connectivity index (χ4n) is 2.23. The van der Waals surface area contributed by atoms with Gasteiger partial charge in [-0.1, -0.05) is 12.1 Å². The molecule has 0 bridgehead atoms. The van der Waals surface area contributed by atoms with Crippen molar-refractivity contribution in [3.63, 3.8) is 0 Å². The molecule has 2 aromatic rings. The summed E-state index contributed by atoms with van der Waals surface area (Å²) in [5.41, 5.74) is 2.68. The van der Waals surface area contributed by atoms with Crippen LogP contribution in [0.1, 0.15) is 18.1 Å². The molecule has 27 heavy (non-hydrogen) atoms. The lowest BCUT2D eigenvalue weighted by Gasteiger charge is -2.13. The van der Waals surface area contributed by atoms with Gasteiger partial charge in [-0.25, -0.2) is 0 Å². The third kappa shape index (κ3) is 5.82. The summed E-state index contributed by atoms with van der Waals surface area (Å²) in [6.07, 6.45) is 0. The molecule has 2 rings (SSSR count). The Kier molecular flexibility index (Phi) is 6.95. The molecule has 8 heteroatoms. The van der Waals surface area contributed by atoms with Crippen LogP contribution in [0.15, 0.2) is 47.4 Å². The Morgan fingerprint density at radius 1 is 1.19 bits per heavy atom. The maximum absolute atomic E-state index is 12.1. The summed E-state index contributed by atoms with van der Waals surface area (Å²) in [6, 6.07) is 11.5. The number of hydrogen-bond donors (Lipinski definition) is 1. The van der Waals surface area contributed by atoms with Crippen LogP contribution in [0, 0.1) is 24.0 Å². The topological polar surface area (TPSA) is 98.5 Å². The highest BCUT2D eigenvalue weighted by Crippen LogP contribution is 2.26. The lowest BCUT2D eigenvalue weighted by molar-refractivity contribution is -0.384. The van der Waals surface area contributed by atoms with Crippen molar-refractivity contribution in [1.82, 2.24) is 0 Å². The van der Waals surface area contributed by atoms with Crippen molar-refractivity contribution in [2.45, 2.75) is 30.9 Å². The molecule has 0 fully saturated rings. The molecule has 2 aromatic carbocycles. The SMILES string of the molecule is Cc1cccc(NC(=O)COC(=O)[C@@H](C)Sc2ccc([N+](=O)[O-])cc2)c1C. The molecule has 1 atom stereocenters. The second-order valence-electron chi connectivity index (χ2n) is 5.91. The molecule has 0 radical (unpaired) electrons. The van der Waals surface area contributed by atoms with Gasteiger partial charge in [0.2, 0.25) is 0 Å². The number of carbonyl (C=O) groups excluding carboxylic acids is 2. The summed E-state index contributed by atoms with van der Waals surface area (Å²) in [5, 5.41) is 12.8. The lowest BCUT2D eigenvalue weighted by atomic mass is 10.1. The largest absolute Gasteiger partial charge is 0.455 e. The monoisotopic (exact) mass is 388 g/mol. The van der Waals surface area contributed by atoms with E-state index in [1.807, 2.05) is 26.0 Å². The van der Waals surface area contributed by atoms with Gasteiger partial charge in [-0.05, 0) is 50.1 Å². The highest BCUT2D eigenvalue weighted by molar-refractivity contribution is 8.00. The number of benzene rings is 2. The summed E-state index contributed by atoms with van der Waals surface area (Å²) in [7, 11) is 0. The van der Waals surface area contributed by atoms with Gasteiger partial charge in [-0.3, -0.25) is 19.7 Å². The first-order valence-electron chi connectivity index (χ1n) is 8.21. The molecule has 0 saturated heterocycles. The summed E-state index contributed by atoms with van der Waals surface area (Å²) in [4.78, 5) is 34.9. The van der Waals surface area contributed by atoms with E-state index in [-0.39, 0.29) is 12.3 Å². The minimum Gasteiger partial charge on any atom is -0.455 e. The molecule has 0 spiro atoms. The predicted octanol–water partition coefficient (Wildman–Crippen LogP) is 3.87. The van der Waals surface area contributed by atoms with Gasteiger partial charge in [-0.2, -0.15) is 0 Å². The normalized spacial score (nSPS) is 11.5. The molecule has 0 unspecified atom stereocenters. The average Bonchev–Trinajstić information content (AvgIpc) is 2.64. The van der Waals surface area contributed by atoms with Crippen molar-refractivity contribution in [2.75, 3.05) is 11.9 Å². The first kappa shape index (κ1) is 20.4. The Bertz CT molecular complexity index is 852. The Labute approximate surface area is 161 Å². The standard InChI is InChI=1S/C19H20N2O5S/c1-12-5-4-6-17(13(12)2)20-18(22)11-26-19(23)14(3)27-16-9-7-15(8-10-16)21(24)25/h4-10,14H,11H2,1-3H3,(H,20,22)/t14-/m1/s1. The van der Waals surface area contributed by atoms with Crippen LogP contribution in [0.3, 0.4) is 0 Å². The fourth-order valence-corrected chi connectivity index (χ4v) is 3.09. The molecule has 1 N–H and O–H groups in total. The Balaban J connectivity index is 1.84. The van der Waals surface area contributed by atoms with Gasteiger partial charge >= 0.3 is 5.97 Å². The quantitative estimate of drug-likeness (QED) is 0.335. The number of anilines is 1. The van der Waals surface area contributed by atoms with Crippen LogP contribution < -0.4 is 5.32 Å². The molecule has 142 valence electrons. The number of thioether (sulfide) groups is 1.